The van der Waals surface area contributed by atoms with Gasteiger partial charge < -0.3 is 10.4 Å². The van der Waals surface area contributed by atoms with Crippen LogP contribution in [0.25, 0.3) is 0 Å². The molecule has 1 fully saturated rings. The summed E-state index contributed by atoms with van der Waals surface area (Å²) in [5.41, 5.74) is 2.89. The Hall–Kier alpha value is -1.35. The lowest BCUT2D eigenvalue weighted by atomic mass is 9.89. The number of carbonyl (C=O) groups excluding carboxylic acids is 1. The standard InChI is InChI=1S/C13H17NO2/c1-8-3-4-12(9(2)5-8)13(16)14-10-6-11(15)7-10/h3-5,10-11,15H,6-7H2,1-2H3,(H,14,16). The molecule has 0 spiro atoms. The number of benzene rings is 1. The normalized spacial score (nSPS) is 23.7. The number of amides is 1. The quantitative estimate of drug-likeness (QED) is 0.793. The van der Waals surface area contributed by atoms with Crippen molar-refractivity contribution in [3.63, 3.8) is 0 Å². The number of aryl methyl sites for hydroxylation is 2. The largest absolute Gasteiger partial charge is 0.393 e. The first-order valence-corrected chi connectivity index (χ1v) is 5.62. The molecule has 0 atom stereocenters. The Morgan fingerprint density at radius 2 is 2.06 bits per heavy atom. The van der Waals surface area contributed by atoms with Gasteiger partial charge in [-0.25, -0.2) is 0 Å². The zero-order valence-electron chi connectivity index (χ0n) is 9.66. The second kappa shape index (κ2) is 4.26. The summed E-state index contributed by atoms with van der Waals surface area (Å²) in [6, 6.07) is 5.94. The van der Waals surface area contributed by atoms with Gasteiger partial charge in [-0.15, -0.1) is 0 Å². The first-order chi connectivity index (χ1) is 7.56. The van der Waals surface area contributed by atoms with E-state index < -0.39 is 0 Å². The number of aliphatic hydroxyl groups excluding tert-OH is 1. The van der Waals surface area contributed by atoms with Gasteiger partial charge in [0.15, 0.2) is 0 Å². The maximum absolute atomic E-state index is 11.9. The Kier molecular flexibility index (Phi) is 2.97. The highest BCUT2D eigenvalue weighted by molar-refractivity contribution is 5.95. The summed E-state index contributed by atoms with van der Waals surface area (Å²) in [5, 5.41) is 12.1. The molecule has 86 valence electrons. The van der Waals surface area contributed by atoms with Gasteiger partial charge in [-0.3, -0.25) is 4.79 Å². The molecule has 1 aromatic rings. The van der Waals surface area contributed by atoms with Crippen LogP contribution >= 0.6 is 0 Å². The van der Waals surface area contributed by atoms with Gasteiger partial charge >= 0.3 is 0 Å². The molecular weight excluding hydrogens is 202 g/mol. The fourth-order valence-electron chi connectivity index (χ4n) is 2.04. The van der Waals surface area contributed by atoms with Crippen LogP contribution < -0.4 is 5.32 Å². The van der Waals surface area contributed by atoms with Crippen molar-refractivity contribution >= 4 is 5.91 Å². The maximum Gasteiger partial charge on any atom is 0.251 e. The van der Waals surface area contributed by atoms with Crippen molar-refractivity contribution < 1.29 is 9.90 Å². The van der Waals surface area contributed by atoms with E-state index in [4.69, 9.17) is 5.11 Å². The van der Waals surface area contributed by atoms with Crippen LogP contribution in [0.5, 0.6) is 0 Å². The van der Waals surface area contributed by atoms with Crippen LogP contribution in [0, 0.1) is 13.8 Å². The minimum Gasteiger partial charge on any atom is -0.393 e. The molecule has 2 N–H and O–H groups in total. The minimum absolute atomic E-state index is 0.0330. The summed E-state index contributed by atoms with van der Waals surface area (Å²) in [5.74, 6) is -0.0330. The van der Waals surface area contributed by atoms with Crippen molar-refractivity contribution in [2.75, 3.05) is 0 Å². The van der Waals surface area contributed by atoms with Gasteiger partial charge in [0.1, 0.15) is 0 Å². The van der Waals surface area contributed by atoms with Gasteiger partial charge in [-0.05, 0) is 38.3 Å². The van der Waals surface area contributed by atoms with Gasteiger partial charge in [-0.2, -0.15) is 0 Å². The Morgan fingerprint density at radius 3 is 2.62 bits per heavy atom. The zero-order valence-corrected chi connectivity index (χ0v) is 9.66. The highest BCUT2D eigenvalue weighted by Crippen LogP contribution is 2.20. The van der Waals surface area contributed by atoms with Crippen LogP contribution in [0.1, 0.15) is 34.3 Å². The van der Waals surface area contributed by atoms with Gasteiger partial charge in [0.25, 0.3) is 5.91 Å². The van der Waals surface area contributed by atoms with Crippen LogP contribution in [-0.2, 0) is 0 Å². The van der Waals surface area contributed by atoms with Gasteiger partial charge in [0.05, 0.1) is 6.10 Å². The Balaban J connectivity index is 2.03. The number of carbonyl (C=O) groups is 1. The van der Waals surface area contributed by atoms with Crippen molar-refractivity contribution in [3.8, 4) is 0 Å². The number of aliphatic hydroxyl groups is 1. The summed E-state index contributed by atoms with van der Waals surface area (Å²) >= 11 is 0. The second-order valence-electron chi connectivity index (χ2n) is 4.61. The predicted octanol–water partition coefficient (Wildman–Crippen LogP) is 1.56. The van der Waals surface area contributed by atoms with Gasteiger partial charge in [0, 0.05) is 11.6 Å². The lowest BCUT2D eigenvalue weighted by Crippen LogP contribution is -2.46. The van der Waals surface area contributed by atoms with E-state index in [1.54, 1.807) is 0 Å². The molecule has 1 saturated carbocycles. The van der Waals surface area contributed by atoms with Crippen LogP contribution in [0.15, 0.2) is 18.2 Å². The topological polar surface area (TPSA) is 49.3 Å². The molecule has 1 aliphatic rings. The first-order valence-electron chi connectivity index (χ1n) is 5.62. The van der Waals surface area contributed by atoms with Crippen molar-refractivity contribution in [3.05, 3.63) is 34.9 Å². The number of hydrogen-bond donors (Lipinski definition) is 2. The molecule has 1 amide bonds. The minimum atomic E-state index is -0.232. The van der Waals surface area contributed by atoms with Gasteiger partial charge in [0.2, 0.25) is 0 Å². The van der Waals surface area contributed by atoms with Crippen LogP contribution in [0.2, 0.25) is 0 Å². The summed E-state index contributed by atoms with van der Waals surface area (Å²) < 4.78 is 0. The molecule has 0 bridgehead atoms. The number of nitrogens with one attached hydrogen (secondary N) is 1. The summed E-state index contributed by atoms with van der Waals surface area (Å²) in [7, 11) is 0. The summed E-state index contributed by atoms with van der Waals surface area (Å²) in [4.78, 5) is 11.9. The number of rotatable bonds is 2. The van der Waals surface area contributed by atoms with Crippen molar-refractivity contribution in [1.29, 1.82) is 0 Å². The fourth-order valence-corrected chi connectivity index (χ4v) is 2.04. The van der Waals surface area contributed by atoms with E-state index in [2.05, 4.69) is 5.32 Å². The predicted molar refractivity (Wildman–Crippen MR) is 62.4 cm³/mol. The van der Waals surface area contributed by atoms with Crippen LogP contribution in [-0.4, -0.2) is 23.2 Å². The SMILES string of the molecule is Cc1ccc(C(=O)NC2CC(O)C2)c(C)c1. The van der Waals surface area contributed by atoms with Crippen LogP contribution in [0.4, 0.5) is 0 Å². The van der Waals surface area contributed by atoms with E-state index >= 15 is 0 Å². The molecular formula is C13H17NO2. The van der Waals surface area contributed by atoms with E-state index in [9.17, 15) is 4.79 Å². The molecule has 3 nitrogen and oxygen atoms in total. The molecule has 16 heavy (non-hydrogen) atoms. The molecule has 1 aliphatic carbocycles. The van der Waals surface area contributed by atoms with E-state index in [0.29, 0.717) is 12.8 Å². The Morgan fingerprint density at radius 1 is 1.38 bits per heavy atom. The lowest BCUT2D eigenvalue weighted by molar-refractivity contribution is 0.0562. The van der Waals surface area contributed by atoms with E-state index in [0.717, 1.165) is 16.7 Å². The third-order valence-corrected chi connectivity index (χ3v) is 3.07. The van der Waals surface area contributed by atoms with E-state index in [1.165, 1.54) is 0 Å². The molecule has 2 rings (SSSR count). The summed E-state index contributed by atoms with van der Waals surface area (Å²) in [6.45, 7) is 3.95. The second-order valence-corrected chi connectivity index (χ2v) is 4.61. The average Bonchev–Trinajstić information content (AvgIpc) is 2.15. The monoisotopic (exact) mass is 219 g/mol. The van der Waals surface area contributed by atoms with Crippen LogP contribution in [0.3, 0.4) is 0 Å². The molecule has 0 aliphatic heterocycles. The zero-order chi connectivity index (χ0) is 11.7. The lowest BCUT2D eigenvalue weighted by Gasteiger charge is -2.32. The van der Waals surface area contributed by atoms with Crippen molar-refractivity contribution in [1.82, 2.24) is 5.32 Å². The third-order valence-electron chi connectivity index (χ3n) is 3.07. The van der Waals surface area contributed by atoms with E-state index in [1.807, 2.05) is 32.0 Å². The molecule has 0 radical (unpaired) electrons. The highest BCUT2D eigenvalue weighted by Gasteiger charge is 2.28. The van der Waals surface area contributed by atoms with Gasteiger partial charge in [-0.1, -0.05) is 17.7 Å². The molecule has 0 saturated heterocycles. The highest BCUT2D eigenvalue weighted by atomic mass is 16.3. The number of hydrogen-bond acceptors (Lipinski definition) is 2. The van der Waals surface area contributed by atoms with Crippen molar-refractivity contribution in [2.24, 2.45) is 0 Å². The average molecular weight is 219 g/mol. The first kappa shape index (κ1) is 11.1. The van der Waals surface area contributed by atoms with Crippen molar-refractivity contribution in [2.45, 2.75) is 38.8 Å². The Labute approximate surface area is 95.5 Å². The fraction of sp³-hybridized carbons (Fsp3) is 0.462. The summed E-state index contributed by atoms with van der Waals surface area (Å²) in [6.07, 6.45) is 1.12. The Bertz CT molecular complexity index is 408. The molecule has 0 heterocycles. The third kappa shape index (κ3) is 2.25. The molecule has 0 aromatic heterocycles. The smallest absolute Gasteiger partial charge is 0.251 e. The van der Waals surface area contributed by atoms with E-state index in [-0.39, 0.29) is 18.1 Å². The molecule has 1 aromatic carbocycles. The maximum atomic E-state index is 11.9. The molecule has 3 heteroatoms. The molecule has 0 unspecified atom stereocenters.